The van der Waals surface area contributed by atoms with Crippen LogP contribution in [0.25, 0.3) is 0 Å². The van der Waals surface area contributed by atoms with E-state index < -0.39 is 0 Å². The van der Waals surface area contributed by atoms with Gasteiger partial charge in [0.1, 0.15) is 0 Å². The Morgan fingerprint density at radius 2 is 1.18 bits per heavy atom. The first-order valence-electron chi connectivity index (χ1n) is 13.8. The second-order valence-electron chi connectivity index (χ2n) is 10.0. The molecule has 4 heteroatoms. The second-order valence-corrected chi connectivity index (χ2v) is 10.0. The van der Waals surface area contributed by atoms with E-state index in [1.807, 2.05) is 0 Å². The molecule has 1 aliphatic rings. The Morgan fingerprint density at radius 1 is 0.706 bits per heavy atom. The average molecular weight is 465 g/mol. The van der Waals surface area contributed by atoms with Crippen LogP contribution in [0.3, 0.4) is 0 Å². The van der Waals surface area contributed by atoms with Crippen molar-refractivity contribution < 1.29 is 0 Å². The van der Waals surface area contributed by atoms with Crippen LogP contribution in [0.4, 0.5) is 0 Å². The van der Waals surface area contributed by atoms with Crippen molar-refractivity contribution in [3.63, 3.8) is 0 Å². The third-order valence-corrected chi connectivity index (χ3v) is 7.01. The first kappa shape index (κ1) is 26.9. The number of hydrazine groups is 2. The molecule has 3 rings (SSSR count). The number of hydrogen-bond donors (Lipinski definition) is 1. The molecule has 0 spiro atoms. The largest absolute Gasteiger partial charge is 0.303 e. The second kappa shape index (κ2) is 16.0. The lowest BCUT2D eigenvalue weighted by Crippen LogP contribution is -2.59. The zero-order valence-corrected chi connectivity index (χ0v) is 21.8. The third kappa shape index (κ3) is 10.3. The lowest BCUT2D eigenvalue weighted by Gasteiger charge is -2.41. The number of unbranched alkanes of at least 4 members (excludes halogenated alkanes) is 2. The fraction of sp³-hybridized carbons (Fsp3) is 0.600. The van der Waals surface area contributed by atoms with E-state index in [9.17, 15) is 0 Å². The number of nitrogens with zero attached hydrogens (tertiary/aromatic N) is 3. The van der Waals surface area contributed by atoms with Crippen LogP contribution in [-0.4, -0.2) is 60.7 Å². The van der Waals surface area contributed by atoms with Crippen LogP contribution in [0.1, 0.15) is 63.5 Å². The van der Waals surface area contributed by atoms with Gasteiger partial charge in [-0.15, -0.1) is 0 Å². The Balaban J connectivity index is 1.51. The Labute approximate surface area is 209 Å². The summed E-state index contributed by atoms with van der Waals surface area (Å²) in [4.78, 5) is 2.72. The van der Waals surface area contributed by atoms with Crippen LogP contribution < -0.4 is 5.53 Å². The maximum atomic E-state index is 3.74. The number of rotatable bonds is 16. The van der Waals surface area contributed by atoms with E-state index >= 15 is 0 Å². The van der Waals surface area contributed by atoms with E-state index in [-0.39, 0.29) is 0 Å². The SMILES string of the molecule is CCCCN(CCCC)CCCC1CN(CCc2ccccc2)NN(CCc2ccccc2)C1. The van der Waals surface area contributed by atoms with Gasteiger partial charge in [0, 0.05) is 26.2 Å². The maximum absolute atomic E-state index is 3.74. The molecule has 1 aliphatic heterocycles. The first-order valence-corrected chi connectivity index (χ1v) is 13.8. The third-order valence-electron chi connectivity index (χ3n) is 7.01. The van der Waals surface area contributed by atoms with Crippen LogP contribution in [0.15, 0.2) is 60.7 Å². The highest BCUT2D eigenvalue weighted by atomic mass is 15.8. The van der Waals surface area contributed by atoms with Gasteiger partial charge in [-0.1, -0.05) is 87.4 Å². The first-order chi connectivity index (χ1) is 16.8. The Kier molecular flexibility index (Phi) is 12.7. The quantitative estimate of drug-likeness (QED) is 0.338. The highest BCUT2D eigenvalue weighted by molar-refractivity contribution is 5.15. The van der Waals surface area contributed by atoms with Gasteiger partial charge in [0.05, 0.1) is 0 Å². The summed E-state index contributed by atoms with van der Waals surface area (Å²) in [5, 5.41) is 4.94. The summed E-state index contributed by atoms with van der Waals surface area (Å²) in [6.45, 7) is 12.8. The summed E-state index contributed by atoms with van der Waals surface area (Å²) in [5.41, 5.74) is 6.58. The molecule has 1 heterocycles. The van der Waals surface area contributed by atoms with Crippen molar-refractivity contribution in [1.82, 2.24) is 20.5 Å². The van der Waals surface area contributed by atoms with Crippen molar-refractivity contribution in [1.29, 1.82) is 0 Å². The van der Waals surface area contributed by atoms with E-state index in [4.69, 9.17) is 0 Å². The molecule has 1 fully saturated rings. The fourth-order valence-electron chi connectivity index (χ4n) is 4.95. The molecule has 0 amide bonds. The molecule has 0 aromatic heterocycles. The van der Waals surface area contributed by atoms with Crippen molar-refractivity contribution >= 4 is 0 Å². The molecule has 2 aromatic rings. The van der Waals surface area contributed by atoms with Gasteiger partial charge >= 0.3 is 0 Å². The van der Waals surface area contributed by atoms with Crippen molar-refractivity contribution in [2.45, 2.75) is 65.2 Å². The molecule has 0 saturated carbocycles. The van der Waals surface area contributed by atoms with Gasteiger partial charge in [0.2, 0.25) is 0 Å². The zero-order chi connectivity index (χ0) is 23.8. The van der Waals surface area contributed by atoms with E-state index in [2.05, 4.69) is 95.0 Å². The summed E-state index contributed by atoms with van der Waals surface area (Å²) in [5.74, 6) is 0.729. The highest BCUT2D eigenvalue weighted by Gasteiger charge is 2.24. The molecular weight excluding hydrogens is 416 g/mol. The molecular formula is C30H48N4. The van der Waals surface area contributed by atoms with Crippen LogP contribution in [0.5, 0.6) is 0 Å². The van der Waals surface area contributed by atoms with Gasteiger partial charge in [-0.05, 0) is 75.2 Å². The fourth-order valence-corrected chi connectivity index (χ4v) is 4.95. The Bertz CT molecular complexity index is 691. The van der Waals surface area contributed by atoms with Gasteiger partial charge in [0.25, 0.3) is 0 Å². The predicted octanol–water partition coefficient (Wildman–Crippen LogP) is 5.81. The van der Waals surface area contributed by atoms with Gasteiger partial charge in [-0.3, -0.25) is 0 Å². The minimum absolute atomic E-state index is 0.729. The maximum Gasteiger partial charge on any atom is 0.0185 e. The molecule has 1 N–H and O–H groups in total. The van der Waals surface area contributed by atoms with E-state index in [1.54, 1.807) is 0 Å². The van der Waals surface area contributed by atoms with Gasteiger partial charge in [-0.2, -0.15) is 5.53 Å². The molecule has 0 radical (unpaired) electrons. The molecule has 0 aliphatic carbocycles. The van der Waals surface area contributed by atoms with Crippen molar-refractivity contribution in [2.24, 2.45) is 5.92 Å². The van der Waals surface area contributed by atoms with Crippen LogP contribution >= 0.6 is 0 Å². The van der Waals surface area contributed by atoms with Crippen molar-refractivity contribution in [3.8, 4) is 0 Å². The van der Waals surface area contributed by atoms with Gasteiger partial charge in [-0.25, -0.2) is 10.0 Å². The minimum Gasteiger partial charge on any atom is -0.303 e. The number of nitrogens with one attached hydrogen (secondary N) is 1. The predicted molar refractivity (Wildman–Crippen MR) is 146 cm³/mol. The lowest BCUT2D eigenvalue weighted by atomic mass is 10.0. The van der Waals surface area contributed by atoms with Gasteiger partial charge in [0.15, 0.2) is 0 Å². The summed E-state index contributed by atoms with van der Waals surface area (Å²) in [6.07, 6.45) is 10.1. The molecule has 188 valence electrons. The normalized spacial score (nSPS) is 15.9. The van der Waals surface area contributed by atoms with E-state index in [1.165, 1.54) is 69.3 Å². The number of benzene rings is 2. The molecule has 34 heavy (non-hydrogen) atoms. The molecule has 0 atom stereocenters. The summed E-state index contributed by atoms with van der Waals surface area (Å²) < 4.78 is 0. The van der Waals surface area contributed by atoms with E-state index in [0.29, 0.717) is 0 Å². The molecule has 0 bridgehead atoms. The average Bonchev–Trinajstić information content (AvgIpc) is 2.88. The van der Waals surface area contributed by atoms with Crippen LogP contribution in [0, 0.1) is 5.92 Å². The van der Waals surface area contributed by atoms with Crippen molar-refractivity contribution in [3.05, 3.63) is 71.8 Å². The lowest BCUT2D eigenvalue weighted by molar-refractivity contribution is -0.0446. The van der Waals surface area contributed by atoms with Gasteiger partial charge < -0.3 is 4.90 Å². The standard InChI is InChI=1S/C30H48N4/c1-3-5-21-32(22-6-4-2)23-13-18-30-26-33(24-19-28-14-9-7-10-15-28)31-34(27-30)25-20-29-16-11-8-12-17-29/h7-12,14-17,30-31H,3-6,13,18-27H2,1-2H3. The molecule has 4 nitrogen and oxygen atoms in total. The smallest absolute Gasteiger partial charge is 0.0185 e. The summed E-state index contributed by atoms with van der Waals surface area (Å²) in [7, 11) is 0. The van der Waals surface area contributed by atoms with Crippen LogP contribution in [-0.2, 0) is 12.8 Å². The summed E-state index contributed by atoms with van der Waals surface area (Å²) >= 11 is 0. The zero-order valence-electron chi connectivity index (χ0n) is 21.8. The molecule has 2 aromatic carbocycles. The molecule has 0 unspecified atom stereocenters. The topological polar surface area (TPSA) is 21.8 Å². The summed E-state index contributed by atoms with van der Waals surface area (Å²) in [6, 6.07) is 21.8. The van der Waals surface area contributed by atoms with Crippen LogP contribution in [0.2, 0.25) is 0 Å². The van der Waals surface area contributed by atoms with Crippen molar-refractivity contribution in [2.75, 3.05) is 45.8 Å². The Hall–Kier alpha value is -1.72. The highest BCUT2D eigenvalue weighted by Crippen LogP contribution is 2.17. The van der Waals surface area contributed by atoms with E-state index in [0.717, 1.165) is 44.9 Å². The number of hydrogen-bond acceptors (Lipinski definition) is 4. The minimum atomic E-state index is 0.729. The molecule has 1 saturated heterocycles. The Morgan fingerprint density at radius 3 is 1.65 bits per heavy atom. The monoisotopic (exact) mass is 464 g/mol.